The first kappa shape index (κ1) is 20.0. The molecule has 0 aromatic carbocycles. The van der Waals surface area contributed by atoms with Gasteiger partial charge in [0.15, 0.2) is 0 Å². The number of nitrogens with zero attached hydrogens (tertiary/aromatic N) is 2. The zero-order chi connectivity index (χ0) is 8.10. The first-order chi connectivity index (χ1) is 5.36. The van der Waals surface area contributed by atoms with Crippen molar-refractivity contribution in [3.8, 4) is 0 Å². The number of halogens is 2. The largest absolute Gasteiger partial charge is 2.00 e. The third kappa shape index (κ3) is 6.92. The molecule has 0 atom stereocenters. The van der Waals surface area contributed by atoms with E-state index >= 15 is 0 Å². The van der Waals surface area contributed by atoms with Crippen LogP contribution in [0.15, 0.2) is 12.4 Å². The predicted octanol–water partition coefficient (Wildman–Crippen LogP) is -4.14. The minimum absolute atomic E-state index is 0. The SMILES string of the molecule is CCCCN1C=CN(CC)C1.[Cl-].[Cl-].[Zn+2]. The summed E-state index contributed by atoms with van der Waals surface area (Å²) in [5.41, 5.74) is 0. The van der Waals surface area contributed by atoms with Crippen molar-refractivity contribution in [2.45, 2.75) is 26.7 Å². The molecule has 0 amide bonds. The second kappa shape index (κ2) is 11.6. The maximum absolute atomic E-state index is 2.37. The molecular weight excluding hydrogens is 272 g/mol. The predicted molar refractivity (Wildman–Crippen MR) is 48.0 cm³/mol. The molecule has 14 heavy (non-hydrogen) atoms. The summed E-state index contributed by atoms with van der Waals surface area (Å²) in [6.07, 6.45) is 6.97. The quantitative estimate of drug-likeness (QED) is 0.485. The van der Waals surface area contributed by atoms with Gasteiger partial charge < -0.3 is 34.6 Å². The molecule has 1 heterocycles. The summed E-state index contributed by atoms with van der Waals surface area (Å²) in [5.74, 6) is 0. The van der Waals surface area contributed by atoms with Gasteiger partial charge in [-0.1, -0.05) is 13.3 Å². The van der Waals surface area contributed by atoms with E-state index in [0.717, 1.165) is 13.2 Å². The van der Waals surface area contributed by atoms with Crippen molar-refractivity contribution in [3.05, 3.63) is 12.4 Å². The molecule has 0 N–H and O–H groups in total. The molecule has 0 spiro atoms. The Bertz CT molecular complexity index is 145. The van der Waals surface area contributed by atoms with Gasteiger partial charge in [0.1, 0.15) is 0 Å². The molecule has 5 heteroatoms. The van der Waals surface area contributed by atoms with Gasteiger partial charge in [-0.15, -0.1) is 0 Å². The van der Waals surface area contributed by atoms with E-state index in [9.17, 15) is 0 Å². The van der Waals surface area contributed by atoms with E-state index in [-0.39, 0.29) is 44.3 Å². The van der Waals surface area contributed by atoms with Gasteiger partial charge in [0.25, 0.3) is 0 Å². The van der Waals surface area contributed by atoms with Crippen LogP contribution in [0.1, 0.15) is 26.7 Å². The average molecular weight is 291 g/mol. The zero-order valence-electron chi connectivity index (χ0n) is 9.05. The van der Waals surface area contributed by atoms with Crippen LogP contribution in [0.5, 0.6) is 0 Å². The van der Waals surface area contributed by atoms with Gasteiger partial charge in [-0.25, -0.2) is 0 Å². The van der Waals surface area contributed by atoms with Gasteiger partial charge in [-0.05, 0) is 13.3 Å². The van der Waals surface area contributed by atoms with Crippen LogP contribution in [0.4, 0.5) is 0 Å². The molecule has 0 saturated heterocycles. The first-order valence-electron chi connectivity index (χ1n) is 4.53. The van der Waals surface area contributed by atoms with Gasteiger partial charge in [-0.2, -0.15) is 0 Å². The number of rotatable bonds is 4. The van der Waals surface area contributed by atoms with Gasteiger partial charge in [0.05, 0.1) is 6.67 Å². The van der Waals surface area contributed by atoms with Crippen molar-refractivity contribution < 1.29 is 44.3 Å². The molecule has 0 saturated carbocycles. The van der Waals surface area contributed by atoms with Crippen molar-refractivity contribution in [1.29, 1.82) is 0 Å². The summed E-state index contributed by atoms with van der Waals surface area (Å²) in [6, 6.07) is 0. The van der Waals surface area contributed by atoms with Crippen molar-refractivity contribution in [1.82, 2.24) is 9.80 Å². The number of hydrogen-bond donors (Lipinski definition) is 0. The minimum Gasteiger partial charge on any atom is -1.00 e. The molecule has 1 aliphatic heterocycles. The standard InChI is InChI=1S/C9H18N2.2ClH.Zn/c1-3-5-6-11-8-7-10(4-2)9-11;;;/h7-8H,3-6,9H2,1-2H3;2*1H;/q;;;+2/p-2. The van der Waals surface area contributed by atoms with E-state index in [4.69, 9.17) is 0 Å². The van der Waals surface area contributed by atoms with E-state index < -0.39 is 0 Å². The van der Waals surface area contributed by atoms with Crippen LogP contribution in [0.25, 0.3) is 0 Å². The average Bonchev–Trinajstić information content (AvgIpc) is 2.48. The molecule has 0 fully saturated rings. The second-order valence-corrected chi connectivity index (χ2v) is 3.01. The molecule has 1 aliphatic rings. The fraction of sp³-hybridized carbons (Fsp3) is 0.778. The molecule has 0 aliphatic carbocycles. The maximum atomic E-state index is 2.37. The normalized spacial score (nSPS) is 13.0. The molecule has 1 rings (SSSR count). The number of unbranched alkanes of at least 4 members (excludes halogenated alkanes) is 1. The van der Waals surface area contributed by atoms with E-state index in [1.807, 2.05) is 0 Å². The van der Waals surface area contributed by atoms with Crippen LogP contribution in [0.2, 0.25) is 0 Å². The summed E-state index contributed by atoms with van der Waals surface area (Å²) in [4.78, 5) is 4.68. The van der Waals surface area contributed by atoms with Crippen LogP contribution in [0, 0.1) is 0 Å². The van der Waals surface area contributed by atoms with Crippen LogP contribution in [0.3, 0.4) is 0 Å². The monoisotopic (exact) mass is 288 g/mol. The van der Waals surface area contributed by atoms with Crippen LogP contribution < -0.4 is 24.8 Å². The Morgan fingerprint density at radius 1 is 1.07 bits per heavy atom. The van der Waals surface area contributed by atoms with Crippen LogP contribution >= 0.6 is 0 Å². The second-order valence-electron chi connectivity index (χ2n) is 3.01. The van der Waals surface area contributed by atoms with E-state index in [1.165, 1.54) is 19.4 Å². The molecule has 2 nitrogen and oxygen atoms in total. The molecule has 0 aromatic rings. The summed E-state index contributed by atoms with van der Waals surface area (Å²) in [7, 11) is 0. The van der Waals surface area contributed by atoms with Gasteiger partial charge in [0.2, 0.25) is 0 Å². The minimum atomic E-state index is 0. The zero-order valence-corrected chi connectivity index (χ0v) is 13.5. The van der Waals surface area contributed by atoms with Crippen LogP contribution in [-0.4, -0.2) is 29.6 Å². The molecule has 0 aromatic heterocycles. The smallest absolute Gasteiger partial charge is 1.00 e. The van der Waals surface area contributed by atoms with E-state index in [0.29, 0.717) is 0 Å². The third-order valence-electron chi connectivity index (χ3n) is 2.06. The fourth-order valence-electron chi connectivity index (χ4n) is 1.23. The Morgan fingerprint density at radius 3 is 2.07 bits per heavy atom. The Balaban J connectivity index is -0.000000403. The topological polar surface area (TPSA) is 6.48 Å². The summed E-state index contributed by atoms with van der Waals surface area (Å²) < 4.78 is 0. The summed E-state index contributed by atoms with van der Waals surface area (Å²) in [5, 5.41) is 0. The van der Waals surface area contributed by atoms with Gasteiger partial charge in [0, 0.05) is 25.5 Å². The van der Waals surface area contributed by atoms with E-state index in [1.54, 1.807) is 0 Å². The molecule has 0 radical (unpaired) electrons. The molecule has 80 valence electrons. The van der Waals surface area contributed by atoms with Crippen molar-refractivity contribution in [3.63, 3.8) is 0 Å². The van der Waals surface area contributed by atoms with Crippen LogP contribution in [-0.2, 0) is 19.5 Å². The van der Waals surface area contributed by atoms with E-state index in [2.05, 4.69) is 36.0 Å². The van der Waals surface area contributed by atoms with Gasteiger partial charge in [-0.3, -0.25) is 0 Å². The Kier molecular flexibility index (Phi) is 16.6. The molecular formula is C9H18Cl2N2Zn. The van der Waals surface area contributed by atoms with Crippen molar-refractivity contribution in [2.75, 3.05) is 19.8 Å². The summed E-state index contributed by atoms with van der Waals surface area (Å²) in [6.45, 7) is 7.85. The first-order valence-corrected chi connectivity index (χ1v) is 4.53. The molecule has 0 bridgehead atoms. The Morgan fingerprint density at radius 2 is 1.64 bits per heavy atom. The fourth-order valence-corrected chi connectivity index (χ4v) is 1.23. The molecule has 0 unspecified atom stereocenters. The van der Waals surface area contributed by atoms with Crippen molar-refractivity contribution in [2.24, 2.45) is 0 Å². The van der Waals surface area contributed by atoms with Crippen molar-refractivity contribution >= 4 is 0 Å². The summed E-state index contributed by atoms with van der Waals surface area (Å²) >= 11 is 0. The third-order valence-corrected chi connectivity index (χ3v) is 2.06. The number of hydrogen-bond acceptors (Lipinski definition) is 2. The Hall–Kier alpha value is 0.543. The Labute approximate surface area is 113 Å². The maximum Gasteiger partial charge on any atom is 2.00 e. The van der Waals surface area contributed by atoms with Gasteiger partial charge >= 0.3 is 19.5 Å².